The molecular formula is C20H22N4O3S. The van der Waals surface area contributed by atoms with Gasteiger partial charge in [0.05, 0.1) is 11.4 Å². The Bertz CT molecular complexity index is 1030. The van der Waals surface area contributed by atoms with Crippen molar-refractivity contribution in [1.29, 1.82) is 0 Å². The van der Waals surface area contributed by atoms with Gasteiger partial charge in [0.2, 0.25) is 10.0 Å². The summed E-state index contributed by atoms with van der Waals surface area (Å²) in [5.74, 6) is -0.230. The Hall–Kier alpha value is -3.13. The highest BCUT2D eigenvalue weighted by molar-refractivity contribution is 7.92. The maximum absolute atomic E-state index is 12.4. The Balaban J connectivity index is 1.61. The molecule has 0 saturated heterocycles. The molecule has 146 valence electrons. The zero-order valence-electron chi connectivity index (χ0n) is 15.5. The number of benzene rings is 2. The molecule has 7 nitrogen and oxygen atoms in total. The maximum atomic E-state index is 12.4. The van der Waals surface area contributed by atoms with Crippen LogP contribution in [0.2, 0.25) is 0 Å². The zero-order chi connectivity index (χ0) is 20.0. The fraction of sp³-hybridized carbons (Fsp3) is 0.200. The van der Waals surface area contributed by atoms with Crippen LogP contribution in [0.25, 0.3) is 11.3 Å². The van der Waals surface area contributed by atoms with Gasteiger partial charge < -0.3 is 5.32 Å². The minimum Gasteiger partial charge on any atom is -0.348 e. The molecular weight excluding hydrogens is 376 g/mol. The van der Waals surface area contributed by atoms with Crippen molar-refractivity contribution in [2.75, 3.05) is 10.5 Å². The van der Waals surface area contributed by atoms with E-state index < -0.39 is 10.0 Å². The predicted octanol–water partition coefficient (Wildman–Crippen LogP) is 3.16. The summed E-state index contributed by atoms with van der Waals surface area (Å²) in [5, 5.41) is 9.68. The molecule has 1 aromatic heterocycles. The molecule has 8 heteroatoms. The molecule has 28 heavy (non-hydrogen) atoms. The van der Waals surface area contributed by atoms with Crippen LogP contribution in [-0.4, -0.2) is 30.3 Å². The highest BCUT2D eigenvalue weighted by Crippen LogP contribution is 2.17. The van der Waals surface area contributed by atoms with E-state index in [4.69, 9.17) is 0 Å². The second kappa shape index (κ2) is 8.71. The first kappa shape index (κ1) is 19.6. The van der Waals surface area contributed by atoms with Gasteiger partial charge in [-0.3, -0.25) is 14.6 Å². The number of aromatic nitrogens is 2. The minimum absolute atomic E-state index is 0.0397. The van der Waals surface area contributed by atoms with E-state index in [1.54, 1.807) is 31.3 Å². The average Bonchev–Trinajstić information content (AvgIpc) is 3.21. The Morgan fingerprint density at radius 2 is 1.89 bits per heavy atom. The summed E-state index contributed by atoms with van der Waals surface area (Å²) in [6.07, 6.45) is 2.22. The fourth-order valence-corrected chi connectivity index (χ4v) is 3.85. The van der Waals surface area contributed by atoms with E-state index >= 15 is 0 Å². The summed E-state index contributed by atoms with van der Waals surface area (Å²) in [4.78, 5) is 12.4. The molecule has 0 bridgehead atoms. The lowest BCUT2D eigenvalue weighted by Gasteiger charge is -2.10. The van der Waals surface area contributed by atoms with Crippen LogP contribution < -0.4 is 10.0 Å². The first-order chi connectivity index (χ1) is 13.5. The molecule has 0 unspecified atom stereocenters. The van der Waals surface area contributed by atoms with E-state index in [0.717, 1.165) is 16.8 Å². The molecule has 0 spiro atoms. The molecule has 0 saturated carbocycles. The summed E-state index contributed by atoms with van der Waals surface area (Å²) >= 11 is 0. The maximum Gasteiger partial charge on any atom is 0.251 e. The molecule has 3 rings (SSSR count). The third kappa shape index (κ3) is 5.20. The van der Waals surface area contributed by atoms with Crippen molar-refractivity contribution in [3.05, 3.63) is 71.9 Å². The van der Waals surface area contributed by atoms with Gasteiger partial charge in [-0.1, -0.05) is 37.3 Å². The van der Waals surface area contributed by atoms with Gasteiger partial charge in [0.15, 0.2) is 0 Å². The van der Waals surface area contributed by atoms with E-state index in [1.807, 2.05) is 30.3 Å². The number of anilines is 1. The summed E-state index contributed by atoms with van der Waals surface area (Å²) in [5.41, 5.74) is 3.67. The van der Waals surface area contributed by atoms with E-state index in [2.05, 4.69) is 20.2 Å². The number of rotatable bonds is 8. The molecule has 3 aromatic rings. The van der Waals surface area contributed by atoms with Crippen LogP contribution in [0, 0.1) is 0 Å². The largest absolute Gasteiger partial charge is 0.348 e. The van der Waals surface area contributed by atoms with E-state index in [0.29, 0.717) is 24.2 Å². The molecule has 0 fully saturated rings. The molecule has 0 aliphatic heterocycles. The van der Waals surface area contributed by atoms with Gasteiger partial charge in [0.25, 0.3) is 5.91 Å². The van der Waals surface area contributed by atoms with Crippen LogP contribution in [-0.2, 0) is 16.6 Å². The molecule has 2 aromatic carbocycles. The molecule has 0 aliphatic carbocycles. The zero-order valence-corrected chi connectivity index (χ0v) is 16.3. The Morgan fingerprint density at radius 1 is 1.11 bits per heavy atom. The van der Waals surface area contributed by atoms with Gasteiger partial charge in [-0.2, -0.15) is 5.10 Å². The quantitative estimate of drug-likeness (QED) is 0.542. The third-order valence-corrected chi connectivity index (χ3v) is 5.58. The summed E-state index contributed by atoms with van der Waals surface area (Å²) in [6, 6.07) is 16.1. The van der Waals surface area contributed by atoms with Gasteiger partial charge >= 0.3 is 0 Å². The first-order valence-corrected chi connectivity index (χ1v) is 10.6. The van der Waals surface area contributed by atoms with Crippen LogP contribution in [0.3, 0.4) is 0 Å². The molecule has 1 amide bonds. The number of amides is 1. The van der Waals surface area contributed by atoms with Crippen molar-refractivity contribution < 1.29 is 13.2 Å². The smallest absolute Gasteiger partial charge is 0.251 e. The first-order valence-electron chi connectivity index (χ1n) is 8.94. The SMILES string of the molecule is CCCS(=O)(=O)Nc1cccc(C(=O)NCc2ccc(-c3ccn[nH]3)cc2)c1. The van der Waals surface area contributed by atoms with Crippen LogP contribution in [0.4, 0.5) is 5.69 Å². The van der Waals surface area contributed by atoms with Gasteiger partial charge in [0.1, 0.15) is 0 Å². The second-order valence-electron chi connectivity index (χ2n) is 6.35. The molecule has 1 heterocycles. The van der Waals surface area contributed by atoms with E-state index in [9.17, 15) is 13.2 Å². The average molecular weight is 398 g/mol. The Morgan fingerprint density at radius 3 is 2.57 bits per heavy atom. The highest BCUT2D eigenvalue weighted by atomic mass is 32.2. The van der Waals surface area contributed by atoms with Crippen molar-refractivity contribution in [3.63, 3.8) is 0 Å². The minimum atomic E-state index is -3.39. The number of nitrogens with zero attached hydrogens (tertiary/aromatic N) is 1. The van der Waals surface area contributed by atoms with E-state index in [1.165, 1.54) is 6.07 Å². The highest BCUT2D eigenvalue weighted by Gasteiger charge is 2.11. The molecule has 0 aliphatic rings. The van der Waals surface area contributed by atoms with Gasteiger partial charge in [-0.25, -0.2) is 8.42 Å². The van der Waals surface area contributed by atoms with Crippen molar-refractivity contribution in [3.8, 4) is 11.3 Å². The van der Waals surface area contributed by atoms with E-state index in [-0.39, 0.29) is 11.7 Å². The van der Waals surface area contributed by atoms with Gasteiger partial charge in [-0.15, -0.1) is 0 Å². The van der Waals surface area contributed by atoms with Gasteiger partial charge in [0, 0.05) is 24.0 Å². The number of hydrogen-bond acceptors (Lipinski definition) is 4. The third-order valence-electron chi connectivity index (χ3n) is 4.09. The van der Waals surface area contributed by atoms with Crippen molar-refractivity contribution in [2.24, 2.45) is 0 Å². The summed E-state index contributed by atoms with van der Waals surface area (Å²) < 4.78 is 26.3. The molecule has 0 radical (unpaired) electrons. The number of carbonyl (C=O) groups excluding carboxylic acids is 1. The number of carbonyl (C=O) groups is 1. The van der Waals surface area contributed by atoms with Crippen LogP contribution in [0.5, 0.6) is 0 Å². The monoisotopic (exact) mass is 398 g/mol. The van der Waals surface area contributed by atoms with Crippen molar-refractivity contribution in [2.45, 2.75) is 19.9 Å². The number of H-pyrrole nitrogens is 1. The second-order valence-corrected chi connectivity index (χ2v) is 8.19. The fourth-order valence-electron chi connectivity index (χ4n) is 2.73. The van der Waals surface area contributed by atoms with Crippen LogP contribution in [0.1, 0.15) is 29.3 Å². The lowest BCUT2D eigenvalue weighted by molar-refractivity contribution is 0.0951. The van der Waals surface area contributed by atoms with Crippen LogP contribution >= 0.6 is 0 Å². The number of sulfonamides is 1. The lowest BCUT2D eigenvalue weighted by Crippen LogP contribution is -2.23. The lowest BCUT2D eigenvalue weighted by atomic mass is 10.1. The Kier molecular flexibility index (Phi) is 6.10. The molecule has 3 N–H and O–H groups in total. The summed E-state index contributed by atoms with van der Waals surface area (Å²) in [6.45, 7) is 2.17. The predicted molar refractivity (Wildman–Crippen MR) is 109 cm³/mol. The number of nitrogens with one attached hydrogen (secondary N) is 3. The summed E-state index contributed by atoms with van der Waals surface area (Å²) in [7, 11) is -3.39. The Labute approximate surface area is 164 Å². The number of aromatic amines is 1. The standard InChI is InChI=1S/C20H22N4O3S/c1-2-12-28(26,27)24-18-5-3-4-17(13-18)20(25)21-14-15-6-8-16(9-7-15)19-10-11-22-23-19/h3-11,13,24H,2,12,14H2,1H3,(H,21,25)(H,22,23). The normalized spacial score (nSPS) is 11.2. The van der Waals surface area contributed by atoms with Crippen LogP contribution in [0.15, 0.2) is 60.8 Å². The van der Waals surface area contributed by atoms with Gasteiger partial charge in [-0.05, 0) is 41.8 Å². The number of hydrogen-bond donors (Lipinski definition) is 3. The topological polar surface area (TPSA) is 104 Å². The van der Waals surface area contributed by atoms with Crippen molar-refractivity contribution in [1.82, 2.24) is 15.5 Å². The molecule has 0 atom stereocenters. The van der Waals surface area contributed by atoms with Crippen molar-refractivity contribution >= 4 is 21.6 Å².